The standard InChI is InChI=1S/C11H15N3S2/c1-4-12-6-10-13-14-11(16-10)9-5-7(2)8(3)15-9/h5,12H,4,6H2,1-3H3. The summed E-state index contributed by atoms with van der Waals surface area (Å²) in [5.74, 6) is 0. The molecule has 2 heterocycles. The van der Waals surface area contributed by atoms with Crippen LogP contribution in [0.4, 0.5) is 0 Å². The fourth-order valence-corrected chi connectivity index (χ4v) is 3.22. The highest BCUT2D eigenvalue weighted by atomic mass is 32.1. The average molecular weight is 253 g/mol. The Morgan fingerprint density at radius 1 is 1.25 bits per heavy atom. The summed E-state index contributed by atoms with van der Waals surface area (Å²) in [4.78, 5) is 2.59. The summed E-state index contributed by atoms with van der Waals surface area (Å²) in [5, 5.41) is 13.8. The molecule has 0 atom stereocenters. The predicted molar refractivity (Wildman–Crippen MR) is 70.1 cm³/mol. The largest absolute Gasteiger partial charge is 0.311 e. The van der Waals surface area contributed by atoms with Crippen LogP contribution in [0, 0.1) is 13.8 Å². The molecule has 3 nitrogen and oxygen atoms in total. The third-order valence-electron chi connectivity index (χ3n) is 2.37. The molecule has 0 aliphatic rings. The zero-order valence-electron chi connectivity index (χ0n) is 9.70. The van der Waals surface area contributed by atoms with Crippen molar-refractivity contribution in [3.63, 3.8) is 0 Å². The fourth-order valence-electron chi connectivity index (χ4n) is 1.34. The zero-order chi connectivity index (χ0) is 11.5. The number of hydrogen-bond donors (Lipinski definition) is 1. The third-order valence-corrected chi connectivity index (χ3v) is 4.61. The second kappa shape index (κ2) is 5.03. The van der Waals surface area contributed by atoms with Crippen molar-refractivity contribution in [2.75, 3.05) is 6.54 Å². The molecule has 0 aliphatic carbocycles. The molecule has 1 N–H and O–H groups in total. The van der Waals surface area contributed by atoms with Gasteiger partial charge in [0.25, 0.3) is 0 Å². The highest BCUT2D eigenvalue weighted by Crippen LogP contribution is 2.32. The van der Waals surface area contributed by atoms with E-state index in [1.165, 1.54) is 15.3 Å². The Morgan fingerprint density at radius 3 is 2.69 bits per heavy atom. The molecule has 0 unspecified atom stereocenters. The SMILES string of the molecule is CCNCc1nnc(-c2cc(C)c(C)s2)s1. The third kappa shape index (κ3) is 2.48. The normalized spacial score (nSPS) is 10.9. The molecule has 0 amide bonds. The Morgan fingerprint density at radius 2 is 2.06 bits per heavy atom. The van der Waals surface area contributed by atoms with Crippen molar-refractivity contribution in [1.82, 2.24) is 15.5 Å². The van der Waals surface area contributed by atoms with Crippen molar-refractivity contribution in [2.24, 2.45) is 0 Å². The van der Waals surface area contributed by atoms with E-state index in [9.17, 15) is 0 Å². The summed E-state index contributed by atoms with van der Waals surface area (Å²) in [6.45, 7) is 8.15. The van der Waals surface area contributed by atoms with Crippen LogP contribution in [0.2, 0.25) is 0 Å². The van der Waals surface area contributed by atoms with Gasteiger partial charge in [-0.2, -0.15) is 0 Å². The number of aryl methyl sites for hydroxylation is 2. The lowest BCUT2D eigenvalue weighted by Crippen LogP contribution is -2.11. The van der Waals surface area contributed by atoms with Crippen LogP contribution in [0.5, 0.6) is 0 Å². The van der Waals surface area contributed by atoms with Gasteiger partial charge in [-0.05, 0) is 32.0 Å². The molecule has 16 heavy (non-hydrogen) atoms. The molecular weight excluding hydrogens is 238 g/mol. The van der Waals surface area contributed by atoms with Crippen LogP contribution >= 0.6 is 22.7 Å². The smallest absolute Gasteiger partial charge is 0.157 e. The van der Waals surface area contributed by atoms with E-state index in [-0.39, 0.29) is 0 Å². The number of nitrogens with zero attached hydrogens (tertiary/aromatic N) is 2. The van der Waals surface area contributed by atoms with E-state index in [0.29, 0.717) is 0 Å². The van der Waals surface area contributed by atoms with E-state index in [1.807, 2.05) is 0 Å². The van der Waals surface area contributed by atoms with Gasteiger partial charge in [-0.3, -0.25) is 0 Å². The molecule has 0 saturated heterocycles. The summed E-state index contributed by atoms with van der Waals surface area (Å²) in [5.41, 5.74) is 1.34. The topological polar surface area (TPSA) is 37.8 Å². The molecule has 0 aliphatic heterocycles. The summed E-state index contributed by atoms with van der Waals surface area (Å²) in [6, 6.07) is 2.19. The quantitative estimate of drug-likeness (QED) is 0.910. The van der Waals surface area contributed by atoms with Gasteiger partial charge in [0, 0.05) is 11.4 Å². The van der Waals surface area contributed by atoms with E-state index < -0.39 is 0 Å². The van der Waals surface area contributed by atoms with E-state index in [0.717, 1.165) is 23.1 Å². The Hall–Kier alpha value is -0.780. The van der Waals surface area contributed by atoms with Crippen molar-refractivity contribution in [3.8, 4) is 9.88 Å². The lowest BCUT2D eigenvalue weighted by atomic mass is 10.3. The lowest BCUT2D eigenvalue weighted by Gasteiger charge is -1.93. The summed E-state index contributed by atoms with van der Waals surface area (Å²) < 4.78 is 0. The summed E-state index contributed by atoms with van der Waals surface area (Å²) in [7, 11) is 0. The molecule has 0 spiro atoms. The molecule has 0 aromatic carbocycles. The van der Waals surface area contributed by atoms with Crippen molar-refractivity contribution >= 4 is 22.7 Å². The highest BCUT2D eigenvalue weighted by molar-refractivity contribution is 7.21. The van der Waals surface area contributed by atoms with Gasteiger partial charge in [-0.25, -0.2) is 0 Å². The van der Waals surface area contributed by atoms with Gasteiger partial charge in [-0.15, -0.1) is 21.5 Å². The maximum Gasteiger partial charge on any atom is 0.157 e. The van der Waals surface area contributed by atoms with Crippen molar-refractivity contribution in [3.05, 3.63) is 21.5 Å². The maximum absolute atomic E-state index is 4.23. The van der Waals surface area contributed by atoms with Gasteiger partial charge >= 0.3 is 0 Å². The van der Waals surface area contributed by atoms with E-state index in [1.54, 1.807) is 22.7 Å². The zero-order valence-corrected chi connectivity index (χ0v) is 11.3. The first-order valence-corrected chi connectivity index (χ1v) is 6.94. The van der Waals surface area contributed by atoms with Gasteiger partial charge in [0.15, 0.2) is 5.01 Å². The minimum absolute atomic E-state index is 0.817. The van der Waals surface area contributed by atoms with Crippen LogP contribution in [0.15, 0.2) is 6.07 Å². The second-order valence-electron chi connectivity index (χ2n) is 3.63. The minimum Gasteiger partial charge on any atom is -0.311 e. The first-order chi connectivity index (χ1) is 7.70. The fraction of sp³-hybridized carbons (Fsp3) is 0.455. The molecule has 0 bridgehead atoms. The van der Waals surface area contributed by atoms with Crippen LogP contribution < -0.4 is 5.32 Å². The first kappa shape index (κ1) is 11.7. The Kier molecular flexibility index (Phi) is 3.68. The van der Waals surface area contributed by atoms with E-state index in [4.69, 9.17) is 0 Å². The van der Waals surface area contributed by atoms with Crippen molar-refractivity contribution in [2.45, 2.75) is 27.3 Å². The number of thiophene rings is 1. The lowest BCUT2D eigenvalue weighted by molar-refractivity contribution is 0.715. The van der Waals surface area contributed by atoms with Crippen LogP contribution in [0.1, 0.15) is 22.4 Å². The monoisotopic (exact) mass is 253 g/mol. The molecule has 2 rings (SSSR count). The maximum atomic E-state index is 4.23. The molecule has 2 aromatic heterocycles. The van der Waals surface area contributed by atoms with E-state index in [2.05, 4.69) is 42.4 Å². The van der Waals surface area contributed by atoms with Gasteiger partial charge in [0.05, 0.1) is 4.88 Å². The second-order valence-corrected chi connectivity index (χ2v) is 5.95. The molecule has 0 radical (unpaired) electrons. The molecule has 5 heteroatoms. The van der Waals surface area contributed by atoms with Crippen molar-refractivity contribution in [1.29, 1.82) is 0 Å². The van der Waals surface area contributed by atoms with Gasteiger partial charge < -0.3 is 5.32 Å². The Balaban J connectivity index is 2.18. The van der Waals surface area contributed by atoms with Crippen LogP contribution in [0.3, 0.4) is 0 Å². The minimum atomic E-state index is 0.817. The number of nitrogens with one attached hydrogen (secondary N) is 1. The molecule has 0 saturated carbocycles. The highest BCUT2D eigenvalue weighted by Gasteiger charge is 2.09. The van der Waals surface area contributed by atoms with Gasteiger partial charge in [0.2, 0.25) is 0 Å². The molecule has 0 fully saturated rings. The van der Waals surface area contributed by atoms with Crippen LogP contribution in [-0.4, -0.2) is 16.7 Å². The van der Waals surface area contributed by atoms with Crippen LogP contribution in [0.25, 0.3) is 9.88 Å². The summed E-state index contributed by atoms with van der Waals surface area (Å²) >= 11 is 3.47. The van der Waals surface area contributed by atoms with Crippen LogP contribution in [-0.2, 0) is 6.54 Å². The van der Waals surface area contributed by atoms with Crippen molar-refractivity contribution < 1.29 is 0 Å². The van der Waals surface area contributed by atoms with Gasteiger partial charge in [-0.1, -0.05) is 18.3 Å². The number of rotatable bonds is 4. The summed E-state index contributed by atoms with van der Waals surface area (Å²) in [6.07, 6.45) is 0. The Bertz CT molecular complexity index is 454. The van der Waals surface area contributed by atoms with E-state index >= 15 is 0 Å². The first-order valence-electron chi connectivity index (χ1n) is 5.31. The number of aromatic nitrogens is 2. The molecular formula is C11H15N3S2. The average Bonchev–Trinajstić information content (AvgIpc) is 2.84. The number of hydrogen-bond acceptors (Lipinski definition) is 5. The molecule has 2 aromatic rings. The van der Waals surface area contributed by atoms with Gasteiger partial charge in [0.1, 0.15) is 5.01 Å². The Labute approximate surface area is 104 Å². The predicted octanol–water partition coefficient (Wildman–Crippen LogP) is 2.99. The molecule has 86 valence electrons.